The van der Waals surface area contributed by atoms with Crippen LogP contribution < -0.4 is 10.6 Å². The highest BCUT2D eigenvalue weighted by Gasteiger charge is 2.13. The van der Waals surface area contributed by atoms with Crippen LogP contribution in [0.1, 0.15) is 20.8 Å². The number of carbonyl (C=O) groups excluding carboxylic acids is 1. The number of hydrogen-bond donors (Lipinski definition) is 2. The van der Waals surface area contributed by atoms with E-state index in [9.17, 15) is 4.79 Å². The molecule has 5 nitrogen and oxygen atoms in total. The Morgan fingerprint density at radius 3 is 2.69 bits per heavy atom. The molecule has 0 aliphatic carbocycles. The molecule has 6 heteroatoms. The third-order valence-corrected chi connectivity index (χ3v) is 1.68. The molecule has 0 atom stereocenters. The van der Waals surface area contributed by atoms with Crippen LogP contribution in [-0.4, -0.2) is 21.8 Å². The summed E-state index contributed by atoms with van der Waals surface area (Å²) in [6.45, 7) is 5.73. The van der Waals surface area contributed by atoms with E-state index in [2.05, 4.69) is 20.8 Å². The van der Waals surface area contributed by atoms with E-state index in [1.807, 2.05) is 20.8 Å². The van der Waals surface area contributed by atoms with Crippen LogP contribution >= 0.6 is 11.3 Å². The molecule has 1 rings (SSSR count). The van der Waals surface area contributed by atoms with Gasteiger partial charge in [0.15, 0.2) is 0 Å². The van der Waals surface area contributed by atoms with Gasteiger partial charge in [0.05, 0.1) is 0 Å². The first-order chi connectivity index (χ1) is 5.97. The molecule has 0 spiro atoms. The second kappa shape index (κ2) is 3.69. The van der Waals surface area contributed by atoms with E-state index in [0.717, 1.165) is 0 Å². The lowest BCUT2D eigenvalue weighted by Crippen LogP contribution is -2.43. The number of rotatable bonds is 1. The van der Waals surface area contributed by atoms with Gasteiger partial charge in [-0.15, -0.1) is 10.2 Å². The average Bonchev–Trinajstić information content (AvgIpc) is 2.34. The molecule has 0 aromatic carbocycles. The Kier molecular flexibility index (Phi) is 2.82. The molecule has 2 amide bonds. The molecule has 1 aromatic rings. The van der Waals surface area contributed by atoms with Gasteiger partial charge in [-0.2, -0.15) is 0 Å². The highest BCUT2D eigenvalue weighted by Crippen LogP contribution is 2.08. The van der Waals surface area contributed by atoms with Gasteiger partial charge in [-0.05, 0) is 20.8 Å². The summed E-state index contributed by atoms with van der Waals surface area (Å²) in [4.78, 5) is 11.2. The van der Waals surface area contributed by atoms with Gasteiger partial charge in [0.25, 0.3) is 0 Å². The number of nitrogens with zero attached hydrogens (tertiary/aromatic N) is 2. The summed E-state index contributed by atoms with van der Waals surface area (Å²) in [6, 6.07) is -0.260. The molecule has 72 valence electrons. The van der Waals surface area contributed by atoms with Crippen LogP contribution in [0.3, 0.4) is 0 Å². The highest BCUT2D eigenvalue weighted by atomic mass is 32.1. The SMILES string of the molecule is CC(C)(C)NC(=O)Nc1nncs1. The maximum atomic E-state index is 11.2. The van der Waals surface area contributed by atoms with E-state index in [1.54, 1.807) is 5.51 Å². The van der Waals surface area contributed by atoms with Crippen molar-refractivity contribution in [3.05, 3.63) is 5.51 Å². The van der Waals surface area contributed by atoms with Gasteiger partial charge >= 0.3 is 6.03 Å². The van der Waals surface area contributed by atoms with Gasteiger partial charge in [-0.1, -0.05) is 11.3 Å². The van der Waals surface area contributed by atoms with Gasteiger partial charge in [-0.25, -0.2) is 4.79 Å². The van der Waals surface area contributed by atoms with Crippen LogP contribution in [0.25, 0.3) is 0 Å². The van der Waals surface area contributed by atoms with Crippen molar-refractivity contribution >= 4 is 22.5 Å². The van der Waals surface area contributed by atoms with Gasteiger partial charge in [0.2, 0.25) is 5.13 Å². The number of aromatic nitrogens is 2. The largest absolute Gasteiger partial charge is 0.333 e. The van der Waals surface area contributed by atoms with Crippen LogP contribution in [0.2, 0.25) is 0 Å². The quantitative estimate of drug-likeness (QED) is 0.721. The smallest absolute Gasteiger partial charge is 0.321 e. The lowest BCUT2D eigenvalue weighted by molar-refractivity contribution is 0.244. The van der Waals surface area contributed by atoms with E-state index in [1.165, 1.54) is 11.3 Å². The lowest BCUT2D eigenvalue weighted by Gasteiger charge is -2.19. The van der Waals surface area contributed by atoms with Crippen molar-refractivity contribution in [1.82, 2.24) is 15.5 Å². The minimum Gasteiger partial charge on any atom is -0.333 e. The van der Waals surface area contributed by atoms with Gasteiger partial charge in [-0.3, -0.25) is 5.32 Å². The fourth-order valence-electron chi connectivity index (χ4n) is 0.696. The maximum Gasteiger partial charge on any atom is 0.321 e. The molecule has 0 aliphatic rings. The molecule has 0 saturated carbocycles. The maximum absolute atomic E-state index is 11.2. The van der Waals surface area contributed by atoms with Crippen LogP contribution in [0.15, 0.2) is 5.51 Å². The van der Waals surface area contributed by atoms with Crippen molar-refractivity contribution < 1.29 is 4.79 Å². The molecule has 0 radical (unpaired) electrons. The molecule has 13 heavy (non-hydrogen) atoms. The first-order valence-corrected chi connectivity index (χ1v) is 4.71. The molecule has 0 saturated heterocycles. The predicted octanol–water partition coefficient (Wildman–Crippen LogP) is 1.46. The summed E-state index contributed by atoms with van der Waals surface area (Å²) >= 11 is 1.28. The zero-order valence-corrected chi connectivity index (χ0v) is 8.60. The molecule has 1 heterocycles. The van der Waals surface area contributed by atoms with Gasteiger partial charge in [0, 0.05) is 5.54 Å². The first-order valence-electron chi connectivity index (χ1n) is 3.83. The summed E-state index contributed by atoms with van der Waals surface area (Å²) in [5.74, 6) is 0. The number of nitrogens with one attached hydrogen (secondary N) is 2. The van der Waals surface area contributed by atoms with Crippen LogP contribution in [0.5, 0.6) is 0 Å². The summed E-state index contributed by atoms with van der Waals surface area (Å²) in [5.41, 5.74) is 1.32. The second-order valence-corrected chi connectivity index (χ2v) is 4.41. The Morgan fingerprint density at radius 2 is 2.23 bits per heavy atom. The Hall–Kier alpha value is -1.17. The minimum absolute atomic E-state index is 0.241. The topological polar surface area (TPSA) is 66.9 Å². The molecule has 0 unspecified atom stereocenters. The van der Waals surface area contributed by atoms with E-state index in [4.69, 9.17) is 0 Å². The normalized spacial score (nSPS) is 11.0. The monoisotopic (exact) mass is 200 g/mol. The minimum atomic E-state index is -0.260. The van der Waals surface area contributed by atoms with Crippen LogP contribution in [-0.2, 0) is 0 Å². The zero-order chi connectivity index (χ0) is 9.90. The summed E-state index contributed by atoms with van der Waals surface area (Å²) < 4.78 is 0. The van der Waals surface area contributed by atoms with Gasteiger partial charge in [0.1, 0.15) is 5.51 Å². The molecule has 2 N–H and O–H groups in total. The summed E-state index contributed by atoms with van der Waals surface area (Å²) in [5, 5.41) is 13.1. The average molecular weight is 200 g/mol. The molecule has 1 aromatic heterocycles. The molecule has 0 fully saturated rings. The fourth-order valence-corrected chi connectivity index (χ4v) is 1.14. The first kappa shape index (κ1) is 9.91. The van der Waals surface area contributed by atoms with Crippen LogP contribution in [0, 0.1) is 0 Å². The lowest BCUT2D eigenvalue weighted by atomic mass is 10.1. The Morgan fingerprint density at radius 1 is 1.54 bits per heavy atom. The second-order valence-electron chi connectivity index (χ2n) is 3.57. The van der Waals surface area contributed by atoms with E-state index in [-0.39, 0.29) is 11.6 Å². The third kappa shape index (κ3) is 3.84. The summed E-state index contributed by atoms with van der Waals surface area (Å²) in [6.07, 6.45) is 0. The highest BCUT2D eigenvalue weighted by molar-refractivity contribution is 7.13. The number of urea groups is 1. The number of hydrogen-bond acceptors (Lipinski definition) is 4. The van der Waals surface area contributed by atoms with Crippen molar-refractivity contribution in [2.24, 2.45) is 0 Å². The van der Waals surface area contributed by atoms with Crippen LogP contribution in [0.4, 0.5) is 9.93 Å². The molecule has 0 bridgehead atoms. The van der Waals surface area contributed by atoms with E-state index < -0.39 is 0 Å². The molecular formula is C7H12N4OS. The van der Waals surface area contributed by atoms with Gasteiger partial charge < -0.3 is 5.32 Å². The number of anilines is 1. The summed E-state index contributed by atoms with van der Waals surface area (Å²) in [7, 11) is 0. The Labute approximate surface area is 80.6 Å². The standard InChI is InChI=1S/C7H12N4OS/c1-7(2,3)10-5(12)9-6-11-8-4-13-6/h4H,1-3H3,(H2,9,10,11,12). The van der Waals surface area contributed by atoms with Crippen molar-refractivity contribution in [1.29, 1.82) is 0 Å². The van der Waals surface area contributed by atoms with Crippen molar-refractivity contribution in [2.45, 2.75) is 26.3 Å². The fraction of sp³-hybridized carbons (Fsp3) is 0.571. The van der Waals surface area contributed by atoms with Crippen molar-refractivity contribution in [2.75, 3.05) is 5.32 Å². The molecule has 0 aliphatic heterocycles. The number of carbonyl (C=O) groups is 1. The van der Waals surface area contributed by atoms with E-state index >= 15 is 0 Å². The third-order valence-electron chi connectivity index (χ3n) is 1.07. The Bertz CT molecular complexity index is 277. The molecular weight excluding hydrogens is 188 g/mol. The zero-order valence-electron chi connectivity index (χ0n) is 7.79. The van der Waals surface area contributed by atoms with E-state index in [0.29, 0.717) is 5.13 Å². The van der Waals surface area contributed by atoms with Crippen molar-refractivity contribution in [3.63, 3.8) is 0 Å². The number of amides is 2. The van der Waals surface area contributed by atoms with Crippen molar-refractivity contribution in [3.8, 4) is 0 Å². The Balaban J connectivity index is 2.43. The predicted molar refractivity (Wildman–Crippen MR) is 51.8 cm³/mol.